The molecule has 1 aliphatic heterocycles. The number of rotatable bonds is 6. The first-order chi connectivity index (χ1) is 12.5. The molecule has 0 aromatic heterocycles. The van der Waals surface area contributed by atoms with Crippen molar-refractivity contribution in [1.29, 1.82) is 0 Å². The predicted molar refractivity (Wildman–Crippen MR) is 94.6 cm³/mol. The molecule has 2 aromatic carbocycles. The van der Waals surface area contributed by atoms with Crippen LogP contribution < -0.4 is 0 Å². The maximum absolute atomic E-state index is 13.1. The molecule has 138 valence electrons. The van der Waals surface area contributed by atoms with Gasteiger partial charge in [0, 0.05) is 26.1 Å². The molecule has 0 bridgehead atoms. The zero-order valence-electron chi connectivity index (χ0n) is 14.4. The zero-order chi connectivity index (χ0) is 18.6. The summed E-state index contributed by atoms with van der Waals surface area (Å²) in [5, 5.41) is 19.1. The van der Waals surface area contributed by atoms with Crippen LogP contribution in [-0.2, 0) is 17.7 Å². The number of aromatic carboxylic acids is 1. The lowest BCUT2D eigenvalue weighted by molar-refractivity contribution is -0.134. The van der Waals surface area contributed by atoms with E-state index in [2.05, 4.69) is 4.90 Å². The number of morpholine rings is 1. The van der Waals surface area contributed by atoms with Crippen molar-refractivity contribution < 1.29 is 24.1 Å². The number of aliphatic hydroxyl groups excluding tert-OH is 1. The molecule has 1 fully saturated rings. The second-order valence-corrected chi connectivity index (χ2v) is 6.71. The van der Waals surface area contributed by atoms with Gasteiger partial charge in [-0.25, -0.2) is 9.18 Å². The lowest BCUT2D eigenvalue weighted by atomic mass is 9.93. The minimum atomic E-state index is -0.949. The molecule has 2 N–H and O–H groups in total. The minimum absolute atomic E-state index is 0.143. The molecule has 2 aromatic rings. The largest absolute Gasteiger partial charge is 0.478 e. The molecule has 1 heterocycles. The van der Waals surface area contributed by atoms with Gasteiger partial charge in [-0.3, -0.25) is 4.90 Å². The van der Waals surface area contributed by atoms with Crippen LogP contribution in [0, 0.1) is 5.82 Å². The molecule has 0 aliphatic carbocycles. The van der Waals surface area contributed by atoms with Gasteiger partial charge in [-0.15, -0.1) is 0 Å². The van der Waals surface area contributed by atoms with E-state index in [-0.39, 0.29) is 18.0 Å². The molecular formula is C20H22FNO4. The topological polar surface area (TPSA) is 70.0 Å². The van der Waals surface area contributed by atoms with Gasteiger partial charge in [0.05, 0.1) is 18.8 Å². The normalized spacial score (nSPS) is 20.8. The van der Waals surface area contributed by atoms with Crippen molar-refractivity contribution in [1.82, 2.24) is 4.90 Å². The number of nitrogens with zero attached hydrogens (tertiary/aromatic N) is 1. The number of benzene rings is 2. The highest BCUT2D eigenvalue weighted by Crippen LogP contribution is 2.24. The van der Waals surface area contributed by atoms with Crippen LogP contribution in [0.25, 0.3) is 0 Å². The first kappa shape index (κ1) is 18.5. The summed E-state index contributed by atoms with van der Waals surface area (Å²) in [5.74, 6) is -1.24. The Labute approximate surface area is 151 Å². The molecule has 0 saturated carbocycles. The Bertz CT molecular complexity index is 765. The van der Waals surface area contributed by atoms with E-state index in [1.54, 1.807) is 30.3 Å². The van der Waals surface area contributed by atoms with Gasteiger partial charge in [-0.1, -0.05) is 24.3 Å². The summed E-state index contributed by atoms with van der Waals surface area (Å²) in [6, 6.07) is 13.1. The van der Waals surface area contributed by atoms with Crippen molar-refractivity contribution in [2.24, 2.45) is 0 Å². The first-order valence-electron chi connectivity index (χ1n) is 8.53. The average molecular weight is 359 g/mol. The Morgan fingerprint density at radius 2 is 1.96 bits per heavy atom. The summed E-state index contributed by atoms with van der Waals surface area (Å²) in [6.07, 6.45) is 0.482. The van der Waals surface area contributed by atoms with E-state index >= 15 is 0 Å². The van der Waals surface area contributed by atoms with Crippen LogP contribution in [0.15, 0.2) is 48.5 Å². The third-order valence-electron chi connectivity index (χ3n) is 4.64. The van der Waals surface area contributed by atoms with Crippen molar-refractivity contribution in [3.05, 3.63) is 71.0 Å². The van der Waals surface area contributed by atoms with E-state index in [1.807, 2.05) is 6.07 Å². The molecule has 26 heavy (non-hydrogen) atoms. The monoisotopic (exact) mass is 359 g/mol. The zero-order valence-corrected chi connectivity index (χ0v) is 14.4. The lowest BCUT2D eigenvalue weighted by Crippen LogP contribution is -2.55. The molecule has 1 aliphatic rings. The fourth-order valence-electron chi connectivity index (χ4n) is 3.35. The van der Waals surface area contributed by atoms with Gasteiger partial charge in [0.1, 0.15) is 11.4 Å². The van der Waals surface area contributed by atoms with Gasteiger partial charge in [0.15, 0.2) is 0 Å². The lowest BCUT2D eigenvalue weighted by Gasteiger charge is -2.42. The van der Waals surface area contributed by atoms with Gasteiger partial charge in [-0.2, -0.15) is 0 Å². The van der Waals surface area contributed by atoms with Crippen molar-refractivity contribution in [2.75, 3.05) is 26.3 Å². The van der Waals surface area contributed by atoms with Crippen LogP contribution in [0.2, 0.25) is 0 Å². The number of carboxylic acids is 1. The maximum Gasteiger partial charge on any atom is 0.335 e. The Kier molecular flexibility index (Phi) is 5.66. The van der Waals surface area contributed by atoms with Gasteiger partial charge in [0.25, 0.3) is 0 Å². The van der Waals surface area contributed by atoms with Crippen LogP contribution in [0.5, 0.6) is 0 Å². The molecule has 3 rings (SSSR count). The smallest absolute Gasteiger partial charge is 0.335 e. The molecule has 1 atom stereocenters. The van der Waals surface area contributed by atoms with Crippen LogP contribution in [0.3, 0.4) is 0 Å². The molecule has 0 spiro atoms. The van der Waals surface area contributed by atoms with Crippen LogP contribution in [-0.4, -0.2) is 53.0 Å². The summed E-state index contributed by atoms with van der Waals surface area (Å²) >= 11 is 0. The number of carbonyl (C=O) groups is 1. The fraction of sp³-hybridized carbons (Fsp3) is 0.350. The van der Waals surface area contributed by atoms with Crippen molar-refractivity contribution in [3.63, 3.8) is 0 Å². The molecule has 0 amide bonds. The number of carboxylic acid groups (broad SMARTS) is 1. The maximum atomic E-state index is 13.1. The van der Waals surface area contributed by atoms with Gasteiger partial charge in [-0.05, 0) is 35.4 Å². The third kappa shape index (κ3) is 4.46. The number of hydrogen-bond donors (Lipinski definition) is 2. The number of halogens is 1. The second-order valence-electron chi connectivity index (χ2n) is 6.71. The Hall–Kier alpha value is -2.28. The van der Waals surface area contributed by atoms with Crippen LogP contribution >= 0.6 is 0 Å². The number of ether oxygens (including phenoxy) is 1. The van der Waals surface area contributed by atoms with Crippen molar-refractivity contribution in [2.45, 2.75) is 18.6 Å². The van der Waals surface area contributed by atoms with E-state index in [4.69, 9.17) is 9.84 Å². The van der Waals surface area contributed by atoms with Gasteiger partial charge in [0.2, 0.25) is 0 Å². The summed E-state index contributed by atoms with van der Waals surface area (Å²) in [4.78, 5) is 13.3. The van der Waals surface area contributed by atoms with E-state index in [1.165, 1.54) is 12.1 Å². The molecular weight excluding hydrogens is 337 g/mol. The Morgan fingerprint density at radius 3 is 2.65 bits per heavy atom. The quantitative estimate of drug-likeness (QED) is 0.828. The number of hydrogen-bond acceptors (Lipinski definition) is 4. The molecule has 1 saturated heterocycles. The van der Waals surface area contributed by atoms with Gasteiger partial charge < -0.3 is 14.9 Å². The van der Waals surface area contributed by atoms with E-state index in [0.717, 1.165) is 11.1 Å². The highest BCUT2D eigenvalue weighted by atomic mass is 19.1. The molecule has 5 nitrogen and oxygen atoms in total. The predicted octanol–water partition coefficient (Wildman–Crippen LogP) is 2.33. The highest BCUT2D eigenvalue weighted by Gasteiger charge is 2.36. The Morgan fingerprint density at radius 1 is 1.19 bits per heavy atom. The van der Waals surface area contributed by atoms with Gasteiger partial charge >= 0.3 is 5.97 Å². The van der Waals surface area contributed by atoms with Crippen molar-refractivity contribution in [3.8, 4) is 0 Å². The average Bonchev–Trinajstić information content (AvgIpc) is 2.64. The third-order valence-corrected chi connectivity index (χ3v) is 4.64. The number of aliphatic hydroxyl groups is 1. The second kappa shape index (κ2) is 7.95. The molecule has 0 radical (unpaired) electrons. The molecule has 6 heteroatoms. The minimum Gasteiger partial charge on any atom is -0.478 e. The highest BCUT2D eigenvalue weighted by molar-refractivity contribution is 5.87. The molecule has 0 unspecified atom stereocenters. The summed E-state index contributed by atoms with van der Waals surface area (Å²) in [5.41, 5.74) is 1.31. The van der Waals surface area contributed by atoms with E-state index < -0.39 is 11.6 Å². The summed E-state index contributed by atoms with van der Waals surface area (Å²) in [7, 11) is 0. The van der Waals surface area contributed by atoms with E-state index in [0.29, 0.717) is 32.7 Å². The SMILES string of the molecule is O=C(O)c1cccc(CN2CCO[C@@](CO)(Cc3ccc(F)cc3)C2)c1. The van der Waals surface area contributed by atoms with Crippen LogP contribution in [0.4, 0.5) is 4.39 Å². The Balaban J connectivity index is 1.71. The van der Waals surface area contributed by atoms with Crippen molar-refractivity contribution >= 4 is 5.97 Å². The standard InChI is InChI=1S/C20H22FNO4/c21-18-6-4-15(5-7-18)11-20(14-23)13-22(8-9-26-20)12-16-2-1-3-17(10-16)19(24)25/h1-7,10,23H,8-9,11-14H2,(H,24,25)/t20-/m0/s1. The van der Waals surface area contributed by atoms with E-state index in [9.17, 15) is 14.3 Å². The van der Waals surface area contributed by atoms with Crippen LogP contribution in [0.1, 0.15) is 21.5 Å². The first-order valence-corrected chi connectivity index (χ1v) is 8.53. The fourth-order valence-corrected chi connectivity index (χ4v) is 3.35. The summed E-state index contributed by atoms with van der Waals surface area (Å²) < 4.78 is 19.0. The summed E-state index contributed by atoms with van der Waals surface area (Å²) in [6.45, 7) is 2.12.